The van der Waals surface area contributed by atoms with Crippen molar-refractivity contribution >= 4 is 121 Å². The quantitative estimate of drug-likeness (QED) is 0.0467. The molecule has 6 aromatic rings. The van der Waals surface area contributed by atoms with Gasteiger partial charge in [0.05, 0.1) is 18.1 Å². The van der Waals surface area contributed by atoms with E-state index in [-0.39, 0.29) is 68.3 Å². The number of aryl methyl sites for hydroxylation is 6. The number of amides is 1. The molecule has 87 heavy (non-hydrogen) atoms. The maximum atomic E-state index is 13.0. The van der Waals surface area contributed by atoms with Crippen LogP contribution in [-0.4, -0.2) is 167 Å². The predicted molar refractivity (Wildman–Crippen MR) is 331 cm³/mol. The number of hydrogen-bond donors (Lipinski definition) is 4. The van der Waals surface area contributed by atoms with Gasteiger partial charge in [0.25, 0.3) is 0 Å². The zero-order valence-electron chi connectivity index (χ0n) is 50.5. The number of aromatic nitrogens is 12. The number of nitrogens with zero attached hydrogens (tertiary/aromatic N) is 12. The number of halogens is 5. The van der Waals surface area contributed by atoms with Crippen LogP contribution in [0.25, 0.3) is 0 Å². The van der Waals surface area contributed by atoms with E-state index in [0.29, 0.717) is 42.8 Å². The van der Waals surface area contributed by atoms with Gasteiger partial charge >= 0.3 is 35.6 Å². The Hall–Kier alpha value is -5.27. The van der Waals surface area contributed by atoms with Gasteiger partial charge in [0.2, 0.25) is 49.3 Å². The number of nitrogens with one attached hydrogen (secondary N) is 4. The van der Waals surface area contributed by atoms with Gasteiger partial charge in [-0.25, -0.2) is 63.6 Å². The Morgan fingerprint density at radius 1 is 0.586 bits per heavy atom. The molecule has 4 aromatic heterocycles. The largest absolute Gasteiger partial charge is 1.00 e. The summed E-state index contributed by atoms with van der Waals surface area (Å²) in [5.74, 6) is 4.62. The Balaban J connectivity index is -0.000000459. The van der Waals surface area contributed by atoms with E-state index in [0.717, 1.165) is 59.6 Å². The third-order valence-electron chi connectivity index (χ3n) is 8.23. The van der Waals surface area contributed by atoms with E-state index in [2.05, 4.69) is 103 Å². The molecule has 28 nitrogen and oxygen atoms in total. The van der Waals surface area contributed by atoms with Crippen LogP contribution in [0.1, 0.15) is 76.5 Å². The molecule has 0 fully saturated rings. The Morgan fingerprint density at radius 2 is 0.920 bits per heavy atom. The summed E-state index contributed by atoms with van der Waals surface area (Å²) < 4.78 is 107. The molecule has 0 spiro atoms. The molecule has 4 N–H and O–H groups in total. The maximum Gasteiger partial charge on any atom is 1.00 e. The summed E-state index contributed by atoms with van der Waals surface area (Å²) in [6.07, 6.45) is 5.36. The normalized spacial score (nSPS) is 10.2. The monoisotopic (exact) mass is 1390 g/mol. The number of para-hydroxylation sites is 2. The molecule has 0 unspecified atom stereocenters. The fourth-order valence-corrected chi connectivity index (χ4v) is 6.39. The first kappa shape index (κ1) is 88.2. The van der Waals surface area contributed by atoms with Gasteiger partial charge in [-0.15, -0.1) is 0 Å². The summed E-state index contributed by atoms with van der Waals surface area (Å²) in [6.45, 7) is 17.2. The molecule has 38 heteroatoms. The SMILES string of the molecule is C=CS(C)(=O)=O.CC(=O)Cl.CCc1nc(C)nc(Cl)n1.CCc1nc(C)nc(Nc2ccccc2)n1.CCc1nc(Cl)nc(Cl)n1.CCc1nc(F)nc(Nc2ccccc2)n1.CNC(C)=O.CNCCS(C)(=O)=O.CS(=O)(=O)CCOS(=O)(=O)[O-].[Na+]. The predicted octanol–water partition coefficient (Wildman–Crippen LogP) is 3.40. The molecule has 0 atom stereocenters. The van der Waals surface area contributed by atoms with Crippen molar-refractivity contribution in [2.45, 2.75) is 81.1 Å². The molecule has 0 aliphatic heterocycles. The second kappa shape index (κ2) is 48.6. The summed E-state index contributed by atoms with van der Waals surface area (Å²) in [4.78, 5) is 65.9. The molecule has 0 aliphatic rings. The number of benzene rings is 2. The van der Waals surface area contributed by atoms with Crippen molar-refractivity contribution in [1.29, 1.82) is 0 Å². The molecule has 0 saturated heterocycles. The van der Waals surface area contributed by atoms with E-state index in [1.807, 2.05) is 95.3 Å². The Kier molecular flexibility index (Phi) is 49.3. The molecule has 0 bridgehead atoms. The third kappa shape index (κ3) is 58.2. The fraction of sp³-hybridized carbons (Fsp3) is 0.429. The minimum Gasteiger partial charge on any atom is -0.726 e. The molecule has 2 aromatic carbocycles. The number of sulfone groups is 3. The molecular weight excluding hydrogens is 1320 g/mol. The van der Waals surface area contributed by atoms with Crippen molar-refractivity contribution in [2.24, 2.45) is 0 Å². The summed E-state index contributed by atoms with van der Waals surface area (Å²) in [5.41, 5.74) is 1.80. The van der Waals surface area contributed by atoms with Crippen molar-refractivity contribution in [3.63, 3.8) is 0 Å². The zero-order valence-corrected chi connectivity index (χ0v) is 58.8. The van der Waals surface area contributed by atoms with Gasteiger partial charge in [0, 0.05) is 88.7 Å². The summed E-state index contributed by atoms with van der Waals surface area (Å²) >= 11 is 21.2. The first-order chi connectivity index (χ1) is 39.8. The van der Waals surface area contributed by atoms with Crippen LogP contribution in [0.15, 0.2) is 72.7 Å². The van der Waals surface area contributed by atoms with E-state index < -0.39 is 58.3 Å². The van der Waals surface area contributed by atoms with Crippen molar-refractivity contribution in [3.8, 4) is 0 Å². The van der Waals surface area contributed by atoms with Gasteiger partial charge < -0.3 is 25.8 Å². The van der Waals surface area contributed by atoms with E-state index in [1.165, 1.54) is 20.1 Å². The van der Waals surface area contributed by atoms with E-state index >= 15 is 0 Å². The Bertz CT molecular complexity index is 3200. The average Bonchev–Trinajstić information content (AvgIpc) is 3.49. The van der Waals surface area contributed by atoms with Crippen LogP contribution in [0.2, 0.25) is 15.9 Å². The minimum atomic E-state index is -4.76. The fourth-order valence-electron chi connectivity index (χ4n) is 4.41. The zero-order chi connectivity index (χ0) is 66.7. The molecule has 0 aliphatic carbocycles. The molecule has 0 saturated carbocycles. The van der Waals surface area contributed by atoms with E-state index in [1.54, 1.807) is 21.0 Å². The topological polar surface area (TPSA) is 406 Å². The second-order valence-corrected chi connectivity index (χ2v) is 25.2. The number of carbonyl (C=O) groups excluding carboxylic acids is 2. The molecule has 1 amide bonds. The third-order valence-corrected chi connectivity index (χ3v) is 11.6. The molecular formula is C49H72Cl4FN16NaO12S4. The van der Waals surface area contributed by atoms with Crippen molar-refractivity contribution < 1.29 is 85.9 Å². The van der Waals surface area contributed by atoms with Crippen molar-refractivity contribution in [3.05, 3.63) is 130 Å². The van der Waals surface area contributed by atoms with Gasteiger partial charge in [0.1, 0.15) is 54.6 Å². The van der Waals surface area contributed by atoms with Crippen LogP contribution in [0.4, 0.5) is 27.7 Å². The van der Waals surface area contributed by atoms with Gasteiger partial charge in [-0.05, 0) is 91.6 Å². The molecule has 4 heterocycles. The number of hydrogen-bond acceptors (Lipinski definition) is 27. The molecule has 480 valence electrons. The summed E-state index contributed by atoms with van der Waals surface area (Å²) in [6, 6.07) is 19.2. The number of carbonyl (C=O) groups is 2. The number of anilines is 4. The van der Waals surface area contributed by atoms with Gasteiger partial charge in [0.15, 0.2) is 9.84 Å². The van der Waals surface area contributed by atoms with Crippen LogP contribution in [0, 0.1) is 19.9 Å². The average molecular weight is 1390 g/mol. The van der Waals surface area contributed by atoms with Gasteiger partial charge in [-0.1, -0.05) is 70.7 Å². The molecule has 6 rings (SSSR count). The van der Waals surface area contributed by atoms with Crippen LogP contribution in [-0.2, 0) is 79.4 Å². The van der Waals surface area contributed by atoms with Gasteiger partial charge in [-0.3, -0.25) is 13.8 Å². The second-order valence-electron chi connectivity index (χ2n) is 16.1. The Labute approximate surface area is 551 Å². The first-order valence-electron chi connectivity index (χ1n) is 24.8. The van der Waals surface area contributed by atoms with Gasteiger partial charge in [-0.2, -0.15) is 34.3 Å². The van der Waals surface area contributed by atoms with E-state index in [9.17, 15) is 52.2 Å². The smallest absolute Gasteiger partial charge is 0.726 e. The van der Waals surface area contributed by atoms with Crippen LogP contribution in [0.5, 0.6) is 0 Å². The number of rotatable bonds is 16. The minimum absolute atomic E-state index is 0. The van der Waals surface area contributed by atoms with Crippen molar-refractivity contribution in [2.75, 3.05) is 68.2 Å². The molecule has 0 radical (unpaired) electrons. The summed E-state index contributed by atoms with van der Waals surface area (Å²) in [5, 5.41) is 12.3. The van der Waals surface area contributed by atoms with Crippen LogP contribution in [0.3, 0.4) is 0 Å². The summed E-state index contributed by atoms with van der Waals surface area (Å²) in [7, 11) is -10.4. The Morgan fingerprint density at radius 3 is 1.23 bits per heavy atom. The first-order valence-corrected chi connectivity index (χ1v) is 33.7. The maximum absolute atomic E-state index is 13.0. The van der Waals surface area contributed by atoms with E-state index in [4.69, 9.17) is 34.8 Å². The van der Waals surface area contributed by atoms with Crippen LogP contribution >= 0.6 is 46.4 Å². The standard InChI is InChI=1S/C12H14N4.C11H11FN4.C6H8ClN3.C5H5Cl2N3.C4H11NO2S.C3H7NO.C3H8O6S2.C3H6O2S.C2H3ClO.Na/c1-3-11-13-9(2)14-12(16-11)15-10-7-5-4-6-8-10;1-2-9-14-10(12)16-11(15-9)13-8-6-4-3-5-7-8;1-3-5-8-4(2)9-6(7)10-5;1-2-3-8-4(6)10-5(7)9-3;1-5-3-4-8(2,6)7;1-3(5)4-2;1-10(4,5)3-2-9-11(6,7)8;1-3-6(2,4)5;1-2(3)4;/h4-8H,3H2,1-2H3,(H,13,14,15,16);3-7H,2H2,1H3,(H,13,14,15,16);3H2,1-2H3;2H2,1H3;5H,3-4H2,1-2H3;1-2H3,(H,4,5);2-3H2,1H3,(H,6,7,8);3H,1H2,2H3;1H3;/q;;;;;;;;;+1/p-1. The van der Waals surface area contributed by atoms with Crippen LogP contribution < -0.4 is 50.8 Å². The van der Waals surface area contributed by atoms with Crippen molar-refractivity contribution in [1.82, 2.24) is 70.4 Å².